The lowest BCUT2D eigenvalue weighted by Gasteiger charge is -2.34. The van der Waals surface area contributed by atoms with Crippen molar-refractivity contribution in [2.75, 3.05) is 31.9 Å². The topological polar surface area (TPSA) is 92.6 Å². The van der Waals surface area contributed by atoms with Gasteiger partial charge in [0.1, 0.15) is 0 Å². The lowest BCUT2D eigenvalue weighted by molar-refractivity contribution is -0.131. The van der Waals surface area contributed by atoms with E-state index in [1.807, 2.05) is 6.92 Å². The van der Waals surface area contributed by atoms with Crippen molar-refractivity contribution in [1.82, 2.24) is 18.8 Å². The van der Waals surface area contributed by atoms with Crippen molar-refractivity contribution in [2.45, 2.75) is 26.7 Å². The van der Waals surface area contributed by atoms with Gasteiger partial charge in [-0.2, -0.15) is 4.31 Å². The molecule has 1 aromatic heterocycles. The molecule has 2 rings (SSSR count). The molecule has 134 valence electrons. The molecule has 1 saturated heterocycles. The van der Waals surface area contributed by atoms with Crippen molar-refractivity contribution < 1.29 is 13.2 Å². The molecular formula is C15H24N4O4S. The third kappa shape index (κ3) is 4.02. The Kier molecular flexibility index (Phi) is 5.76. The van der Waals surface area contributed by atoms with Gasteiger partial charge in [0.25, 0.3) is 5.56 Å². The Bertz CT molecular complexity index is 764. The van der Waals surface area contributed by atoms with Crippen LogP contribution in [0.5, 0.6) is 0 Å². The summed E-state index contributed by atoms with van der Waals surface area (Å²) in [4.78, 5) is 30.1. The standard InChI is InChI=1S/C15H24N4O4S/c1-4-9-24(22,23)19-7-5-18(6-8-19)14(20)10-13-12(2)15(21)17(3)11-16-13/h11H,4-10H2,1-3H3. The Morgan fingerprint density at radius 2 is 1.88 bits per heavy atom. The van der Waals surface area contributed by atoms with Gasteiger partial charge in [0.05, 0.1) is 24.2 Å². The van der Waals surface area contributed by atoms with Crippen LogP contribution in [-0.4, -0.2) is 65.0 Å². The summed E-state index contributed by atoms with van der Waals surface area (Å²) in [6.07, 6.45) is 2.05. The Balaban J connectivity index is 1.99. The molecule has 9 heteroatoms. The number of aromatic nitrogens is 2. The highest BCUT2D eigenvalue weighted by Gasteiger charge is 2.28. The fraction of sp³-hybridized carbons (Fsp3) is 0.667. The summed E-state index contributed by atoms with van der Waals surface area (Å²) in [5, 5.41) is 0. The Morgan fingerprint density at radius 1 is 1.25 bits per heavy atom. The second-order valence-electron chi connectivity index (χ2n) is 6.00. The summed E-state index contributed by atoms with van der Waals surface area (Å²) in [7, 11) is -1.60. The largest absolute Gasteiger partial charge is 0.340 e. The first-order valence-corrected chi connectivity index (χ1v) is 9.64. The Hall–Kier alpha value is -1.74. The lowest BCUT2D eigenvalue weighted by Crippen LogP contribution is -2.51. The van der Waals surface area contributed by atoms with E-state index in [9.17, 15) is 18.0 Å². The van der Waals surface area contributed by atoms with E-state index in [-0.39, 0.29) is 23.6 Å². The molecule has 0 radical (unpaired) electrons. The van der Waals surface area contributed by atoms with Gasteiger partial charge in [-0.1, -0.05) is 6.92 Å². The maximum absolute atomic E-state index is 12.4. The first-order valence-electron chi connectivity index (χ1n) is 8.03. The zero-order valence-electron chi connectivity index (χ0n) is 14.4. The van der Waals surface area contributed by atoms with Crippen molar-refractivity contribution in [1.29, 1.82) is 0 Å². The molecule has 1 aliphatic rings. The first-order chi connectivity index (χ1) is 11.3. The fourth-order valence-corrected chi connectivity index (χ4v) is 4.22. The molecule has 24 heavy (non-hydrogen) atoms. The number of carbonyl (C=O) groups excluding carboxylic acids is 1. The molecule has 2 heterocycles. The normalized spacial score (nSPS) is 16.4. The van der Waals surface area contributed by atoms with Gasteiger partial charge >= 0.3 is 0 Å². The number of carbonyl (C=O) groups is 1. The predicted molar refractivity (Wildman–Crippen MR) is 90.1 cm³/mol. The van der Waals surface area contributed by atoms with E-state index in [4.69, 9.17) is 0 Å². The van der Waals surface area contributed by atoms with Crippen molar-refractivity contribution in [3.8, 4) is 0 Å². The average molecular weight is 356 g/mol. The molecule has 0 N–H and O–H groups in total. The van der Waals surface area contributed by atoms with Crippen LogP contribution in [0.1, 0.15) is 24.6 Å². The minimum atomic E-state index is -3.22. The third-order valence-electron chi connectivity index (χ3n) is 4.23. The van der Waals surface area contributed by atoms with E-state index < -0.39 is 10.0 Å². The Morgan fingerprint density at radius 3 is 2.46 bits per heavy atom. The van der Waals surface area contributed by atoms with Crippen molar-refractivity contribution in [3.05, 3.63) is 27.9 Å². The first kappa shape index (κ1) is 18.6. The fourth-order valence-electron chi connectivity index (χ4n) is 2.73. The summed E-state index contributed by atoms with van der Waals surface area (Å²) in [6, 6.07) is 0. The van der Waals surface area contributed by atoms with E-state index in [2.05, 4.69) is 4.98 Å². The molecule has 8 nitrogen and oxygen atoms in total. The van der Waals surface area contributed by atoms with E-state index in [0.717, 1.165) is 0 Å². The maximum atomic E-state index is 12.4. The highest BCUT2D eigenvalue weighted by atomic mass is 32.2. The van der Waals surface area contributed by atoms with Crippen LogP contribution in [0, 0.1) is 6.92 Å². The smallest absolute Gasteiger partial charge is 0.256 e. The number of hydrogen-bond acceptors (Lipinski definition) is 5. The zero-order chi connectivity index (χ0) is 17.9. The van der Waals surface area contributed by atoms with E-state index in [0.29, 0.717) is 43.9 Å². The molecule has 0 bridgehead atoms. The zero-order valence-corrected chi connectivity index (χ0v) is 15.2. The number of sulfonamides is 1. The van der Waals surface area contributed by atoms with Gasteiger partial charge in [0.2, 0.25) is 15.9 Å². The number of aryl methyl sites for hydroxylation is 1. The highest BCUT2D eigenvalue weighted by molar-refractivity contribution is 7.89. The molecule has 1 aromatic rings. The van der Waals surface area contributed by atoms with Gasteiger partial charge < -0.3 is 9.47 Å². The molecule has 0 spiro atoms. The molecule has 1 amide bonds. The third-order valence-corrected chi connectivity index (χ3v) is 6.30. The number of nitrogens with zero attached hydrogens (tertiary/aromatic N) is 4. The highest BCUT2D eigenvalue weighted by Crippen LogP contribution is 2.11. The van der Waals surface area contributed by atoms with Gasteiger partial charge in [-0.3, -0.25) is 9.59 Å². The van der Waals surface area contributed by atoms with Gasteiger partial charge in [0, 0.05) is 38.8 Å². The Labute approximate surface area is 142 Å². The van der Waals surface area contributed by atoms with Crippen LogP contribution in [0.15, 0.2) is 11.1 Å². The summed E-state index contributed by atoms with van der Waals surface area (Å²) in [5.41, 5.74) is 0.782. The minimum absolute atomic E-state index is 0.0592. The monoisotopic (exact) mass is 356 g/mol. The van der Waals surface area contributed by atoms with Crippen LogP contribution in [-0.2, 0) is 28.3 Å². The summed E-state index contributed by atoms with van der Waals surface area (Å²) in [6.45, 7) is 4.86. The van der Waals surface area contributed by atoms with E-state index >= 15 is 0 Å². The maximum Gasteiger partial charge on any atom is 0.256 e. The van der Waals surface area contributed by atoms with Crippen molar-refractivity contribution in [3.63, 3.8) is 0 Å². The molecule has 0 aromatic carbocycles. The summed E-state index contributed by atoms with van der Waals surface area (Å²) < 4.78 is 26.9. The SMILES string of the molecule is CCCS(=O)(=O)N1CCN(C(=O)Cc2ncn(C)c(=O)c2C)CC1. The number of amides is 1. The number of piperazine rings is 1. The quantitative estimate of drug-likeness (QED) is 0.710. The molecule has 1 aliphatic heterocycles. The lowest BCUT2D eigenvalue weighted by atomic mass is 10.1. The van der Waals surface area contributed by atoms with E-state index in [1.165, 1.54) is 15.2 Å². The van der Waals surface area contributed by atoms with E-state index in [1.54, 1.807) is 18.9 Å². The molecular weight excluding hydrogens is 332 g/mol. The number of hydrogen-bond donors (Lipinski definition) is 0. The van der Waals surface area contributed by atoms with Crippen LogP contribution in [0.4, 0.5) is 0 Å². The molecule has 0 saturated carbocycles. The van der Waals surface area contributed by atoms with Gasteiger partial charge in [-0.15, -0.1) is 0 Å². The van der Waals surface area contributed by atoms with Crippen LogP contribution in [0.2, 0.25) is 0 Å². The van der Waals surface area contributed by atoms with Gasteiger partial charge in [0.15, 0.2) is 0 Å². The van der Waals surface area contributed by atoms with Crippen LogP contribution in [0.25, 0.3) is 0 Å². The van der Waals surface area contributed by atoms with Gasteiger partial charge in [-0.05, 0) is 13.3 Å². The summed E-state index contributed by atoms with van der Waals surface area (Å²) >= 11 is 0. The molecule has 0 aliphatic carbocycles. The molecule has 1 fully saturated rings. The molecule has 0 unspecified atom stereocenters. The minimum Gasteiger partial charge on any atom is -0.340 e. The van der Waals surface area contributed by atoms with Crippen molar-refractivity contribution in [2.24, 2.45) is 7.05 Å². The summed E-state index contributed by atoms with van der Waals surface area (Å²) in [5.74, 6) is 0.00331. The van der Waals surface area contributed by atoms with Crippen LogP contribution < -0.4 is 5.56 Å². The molecule has 0 atom stereocenters. The average Bonchev–Trinajstić information content (AvgIpc) is 2.55. The second-order valence-corrected chi connectivity index (χ2v) is 8.09. The predicted octanol–water partition coefficient (Wildman–Crippen LogP) is -0.485. The van der Waals surface area contributed by atoms with Gasteiger partial charge in [-0.25, -0.2) is 13.4 Å². The second kappa shape index (κ2) is 7.43. The van der Waals surface area contributed by atoms with Crippen LogP contribution >= 0.6 is 0 Å². The van der Waals surface area contributed by atoms with Crippen LogP contribution in [0.3, 0.4) is 0 Å². The number of rotatable bonds is 5. The van der Waals surface area contributed by atoms with Crippen molar-refractivity contribution >= 4 is 15.9 Å².